The molecule has 1 aromatic heterocycles. The van der Waals surface area contributed by atoms with Crippen LogP contribution in [-0.4, -0.2) is 36.7 Å². The first-order valence-electron chi connectivity index (χ1n) is 6.03. The Bertz CT molecular complexity index is 370. The molecule has 5 heteroatoms. The Kier molecular flexibility index (Phi) is 5.42. The molecule has 1 aromatic rings. The first kappa shape index (κ1) is 14.3. The van der Waals surface area contributed by atoms with Crippen LogP contribution in [0.15, 0.2) is 29.5 Å². The maximum absolute atomic E-state index is 5.52. The van der Waals surface area contributed by atoms with E-state index in [2.05, 4.69) is 41.4 Å². The maximum atomic E-state index is 5.52. The number of ether oxygens (including phenoxy) is 1. The molecule has 18 heavy (non-hydrogen) atoms. The van der Waals surface area contributed by atoms with Crippen molar-refractivity contribution in [3.63, 3.8) is 0 Å². The molecule has 0 aliphatic heterocycles. The molecule has 0 atom stereocenters. The van der Waals surface area contributed by atoms with Crippen LogP contribution in [0.5, 0.6) is 5.75 Å². The van der Waals surface area contributed by atoms with E-state index in [1.165, 1.54) is 0 Å². The molecule has 0 fully saturated rings. The summed E-state index contributed by atoms with van der Waals surface area (Å²) in [6.45, 7) is 7.52. The van der Waals surface area contributed by atoms with E-state index in [1.54, 1.807) is 19.4 Å². The van der Waals surface area contributed by atoms with Gasteiger partial charge in [0, 0.05) is 18.8 Å². The Morgan fingerprint density at radius 1 is 1.44 bits per heavy atom. The summed E-state index contributed by atoms with van der Waals surface area (Å²) in [7, 11) is 1.75. The molecule has 2 N–H and O–H groups in total. The van der Waals surface area contributed by atoms with Crippen molar-refractivity contribution in [2.75, 3.05) is 20.2 Å². The van der Waals surface area contributed by atoms with Gasteiger partial charge in [-0.15, -0.1) is 0 Å². The van der Waals surface area contributed by atoms with Crippen LogP contribution in [0.25, 0.3) is 0 Å². The lowest BCUT2D eigenvalue weighted by Crippen LogP contribution is -2.48. The Labute approximate surface area is 109 Å². The highest BCUT2D eigenvalue weighted by atomic mass is 16.5. The highest BCUT2D eigenvalue weighted by Crippen LogP contribution is 2.04. The SMILES string of the molecule is CN=C(NCCOc1cccnc1)NC(C)(C)C. The highest BCUT2D eigenvalue weighted by molar-refractivity contribution is 5.80. The fourth-order valence-corrected chi connectivity index (χ4v) is 1.31. The third-order valence-corrected chi connectivity index (χ3v) is 2.01. The van der Waals surface area contributed by atoms with Crippen LogP contribution in [0.4, 0.5) is 0 Å². The first-order chi connectivity index (χ1) is 8.51. The van der Waals surface area contributed by atoms with Gasteiger partial charge in [0.2, 0.25) is 0 Å². The van der Waals surface area contributed by atoms with Crippen molar-refractivity contribution >= 4 is 5.96 Å². The molecular formula is C13H22N4O. The summed E-state index contributed by atoms with van der Waals surface area (Å²) in [6.07, 6.45) is 3.42. The van der Waals surface area contributed by atoms with E-state index in [1.807, 2.05) is 12.1 Å². The first-order valence-corrected chi connectivity index (χ1v) is 6.03. The van der Waals surface area contributed by atoms with Crippen molar-refractivity contribution in [3.8, 4) is 5.75 Å². The van der Waals surface area contributed by atoms with E-state index in [0.29, 0.717) is 13.2 Å². The van der Waals surface area contributed by atoms with Gasteiger partial charge in [-0.05, 0) is 32.9 Å². The zero-order valence-corrected chi connectivity index (χ0v) is 11.5. The van der Waals surface area contributed by atoms with Gasteiger partial charge in [0.15, 0.2) is 5.96 Å². The number of aliphatic imine (C=N–C) groups is 1. The van der Waals surface area contributed by atoms with Crippen LogP contribution in [0.1, 0.15) is 20.8 Å². The molecular weight excluding hydrogens is 228 g/mol. The number of pyridine rings is 1. The molecule has 0 aliphatic carbocycles. The van der Waals surface area contributed by atoms with Gasteiger partial charge in [-0.25, -0.2) is 0 Å². The molecule has 0 unspecified atom stereocenters. The number of nitrogens with zero attached hydrogens (tertiary/aromatic N) is 2. The van der Waals surface area contributed by atoms with Crippen molar-refractivity contribution in [2.24, 2.45) is 4.99 Å². The fourth-order valence-electron chi connectivity index (χ4n) is 1.31. The monoisotopic (exact) mass is 250 g/mol. The number of nitrogens with one attached hydrogen (secondary N) is 2. The van der Waals surface area contributed by atoms with Gasteiger partial charge < -0.3 is 15.4 Å². The molecule has 0 aliphatic rings. The van der Waals surface area contributed by atoms with Gasteiger partial charge in [-0.1, -0.05) is 0 Å². The second-order valence-electron chi connectivity index (χ2n) is 4.91. The standard InChI is InChI=1S/C13H22N4O/c1-13(2,3)17-12(14-4)16-8-9-18-11-6-5-7-15-10-11/h5-7,10H,8-9H2,1-4H3,(H2,14,16,17). The second kappa shape index (κ2) is 6.83. The van der Waals surface area contributed by atoms with Gasteiger partial charge in [0.1, 0.15) is 12.4 Å². The van der Waals surface area contributed by atoms with Gasteiger partial charge in [0.05, 0.1) is 12.7 Å². The van der Waals surface area contributed by atoms with Crippen LogP contribution >= 0.6 is 0 Å². The van der Waals surface area contributed by atoms with E-state index < -0.39 is 0 Å². The Morgan fingerprint density at radius 2 is 2.22 bits per heavy atom. The topological polar surface area (TPSA) is 58.5 Å². The van der Waals surface area contributed by atoms with Gasteiger partial charge >= 0.3 is 0 Å². The predicted octanol–water partition coefficient (Wildman–Crippen LogP) is 1.42. The minimum Gasteiger partial charge on any atom is -0.490 e. The predicted molar refractivity (Wildman–Crippen MR) is 74.0 cm³/mol. The van der Waals surface area contributed by atoms with E-state index in [9.17, 15) is 0 Å². The number of guanidine groups is 1. The molecule has 5 nitrogen and oxygen atoms in total. The van der Waals surface area contributed by atoms with Crippen LogP contribution in [0.2, 0.25) is 0 Å². The minimum atomic E-state index is -0.00789. The summed E-state index contributed by atoms with van der Waals surface area (Å²) in [5, 5.41) is 6.47. The molecule has 0 bridgehead atoms. The van der Waals surface area contributed by atoms with E-state index >= 15 is 0 Å². The molecule has 1 heterocycles. The molecule has 0 spiro atoms. The summed E-state index contributed by atoms with van der Waals surface area (Å²) < 4.78 is 5.52. The van der Waals surface area contributed by atoms with Crippen LogP contribution in [-0.2, 0) is 0 Å². The minimum absolute atomic E-state index is 0.00789. The van der Waals surface area contributed by atoms with Gasteiger partial charge in [0.25, 0.3) is 0 Å². The lowest BCUT2D eigenvalue weighted by Gasteiger charge is -2.23. The quantitative estimate of drug-likeness (QED) is 0.482. The molecule has 100 valence electrons. The largest absolute Gasteiger partial charge is 0.490 e. The van der Waals surface area contributed by atoms with E-state index in [4.69, 9.17) is 4.74 Å². The van der Waals surface area contributed by atoms with E-state index in [-0.39, 0.29) is 5.54 Å². The molecule has 0 amide bonds. The third kappa shape index (κ3) is 6.08. The number of aromatic nitrogens is 1. The van der Waals surface area contributed by atoms with Crippen molar-refractivity contribution in [1.29, 1.82) is 0 Å². The third-order valence-electron chi connectivity index (χ3n) is 2.01. The second-order valence-corrected chi connectivity index (χ2v) is 4.91. The lowest BCUT2D eigenvalue weighted by atomic mass is 10.1. The number of rotatable bonds is 4. The number of hydrogen-bond donors (Lipinski definition) is 2. The molecule has 0 saturated heterocycles. The van der Waals surface area contributed by atoms with Gasteiger partial charge in [-0.2, -0.15) is 0 Å². The maximum Gasteiger partial charge on any atom is 0.191 e. The Morgan fingerprint density at radius 3 is 2.78 bits per heavy atom. The lowest BCUT2D eigenvalue weighted by molar-refractivity contribution is 0.320. The highest BCUT2D eigenvalue weighted by Gasteiger charge is 2.11. The van der Waals surface area contributed by atoms with Crippen molar-refractivity contribution in [2.45, 2.75) is 26.3 Å². The fraction of sp³-hybridized carbons (Fsp3) is 0.538. The molecule has 0 aromatic carbocycles. The zero-order chi connectivity index (χ0) is 13.4. The normalized spacial score (nSPS) is 12.1. The summed E-state index contributed by atoms with van der Waals surface area (Å²) in [6, 6.07) is 3.73. The summed E-state index contributed by atoms with van der Waals surface area (Å²) >= 11 is 0. The van der Waals surface area contributed by atoms with Gasteiger partial charge in [-0.3, -0.25) is 9.98 Å². The molecule has 1 rings (SSSR count). The Balaban J connectivity index is 2.25. The average molecular weight is 250 g/mol. The molecule has 0 saturated carbocycles. The zero-order valence-electron chi connectivity index (χ0n) is 11.5. The number of hydrogen-bond acceptors (Lipinski definition) is 3. The van der Waals surface area contributed by atoms with Crippen LogP contribution in [0, 0.1) is 0 Å². The summed E-state index contributed by atoms with van der Waals surface area (Å²) in [5.74, 6) is 1.55. The average Bonchev–Trinajstić information content (AvgIpc) is 2.33. The summed E-state index contributed by atoms with van der Waals surface area (Å²) in [5.41, 5.74) is -0.00789. The smallest absolute Gasteiger partial charge is 0.191 e. The van der Waals surface area contributed by atoms with Crippen LogP contribution < -0.4 is 15.4 Å². The van der Waals surface area contributed by atoms with Crippen molar-refractivity contribution < 1.29 is 4.74 Å². The summed E-state index contributed by atoms with van der Waals surface area (Å²) in [4.78, 5) is 8.13. The van der Waals surface area contributed by atoms with E-state index in [0.717, 1.165) is 11.7 Å². The van der Waals surface area contributed by atoms with Crippen LogP contribution in [0.3, 0.4) is 0 Å². The van der Waals surface area contributed by atoms with Crippen molar-refractivity contribution in [3.05, 3.63) is 24.5 Å². The molecule has 0 radical (unpaired) electrons. The van der Waals surface area contributed by atoms with Crippen molar-refractivity contribution in [1.82, 2.24) is 15.6 Å². The Hall–Kier alpha value is -1.78.